The molecule has 0 unspecified atom stereocenters. The maximum Gasteiger partial charge on any atom is 0.435 e. The number of amides is 2. The van der Waals surface area contributed by atoms with Gasteiger partial charge in [0.05, 0.1) is 20.7 Å². The van der Waals surface area contributed by atoms with E-state index in [9.17, 15) is 52.9 Å². The van der Waals surface area contributed by atoms with E-state index in [1.807, 2.05) is 0 Å². The van der Waals surface area contributed by atoms with Crippen molar-refractivity contribution in [3.8, 4) is 0 Å². The summed E-state index contributed by atoms with van der Waals surface area (Å²) >= 11 is 0. The van der Waals surface area contributed by atoms with Gasteiger partial charge in [-0.1, -0.05) is 18.2 Å². The lowest BCUT2D eigenvalue weighted by Gasteiger charge is -2.43. The van der Waals surface area contributed by atoms with Crippen LogP contribution in [-0.2, 0) is 46.0 Å². The zero-order valence-corrected chi connectivity index (χ0v) is 25.8. The summed E-state index contributed by atoms with van der Waals surface area (Å²) < 4.78 is 154. The predicted molar refractivity (Wildman–Crippen MR) is 149 cm³/mol. The van der Waals surface area contributed by atoms with Gasteiger partial charge in [0, 0.05) is 36.5 Å². The second kappa shape index (κ2) is 11.3. The molecule has 46 heavy (non-hydrogen) atoms. The Morgan fingerprint density at radius 3 is 2.07 bits per heavy atom. The van der Waals surface area contributed by atoms with Crippen LogP contribution >= 0.6 is 0 Å². The Morgan fingerprint density at radius 1 is 0.935 bits per heavy atom. The van der Waals surface area contributed by atoms with Crippen LogP contribution < -0.4 is 0 Å². The molecule has 0 aromatic heterocycles. The second-order valence-electron chi connectivity index (χ2n) is 11.8. The first-order valence-electron chi connectivity index (χ1n) is 14.2. The number of halogens is 8. The Kier molecular flexibility index (Phi) is 8.39. The highest BCUT2D eigenvalue weighted by atomic mass is 32.2. The van der Waals surface area contributed by atoms with Crippen LogP contribution in [-0.4, -0.2) is 65.8 Å². The van der Waals surface area contributed by atoms with Crippen molar-refractivity contribution >= 4 is 31.4 Å². The normalized spacial score (nSPS) is 27.1. The lowest BCUT2D eigenvalue weighted by Crippen LogP contribution is -2.54. The predicted octanol–water partition coefficient (Wildman–Crippen LogP) is 5.76. The molecule has 0 N–H and O–H groups in total. The van der Waals surface area contributed by atoms with E-state index < -0.39 is 82.4 Å². The van der Waals surface area contributed by atoms with Gasteiger partial charge in [0.2, 0.25) is 5.91 Å². The molecule has 252 valence electrons. The number of nitrogens with zero attached hydrogens (tertiary/aromatic N) is 2. The summed E-state index contributed by atoms with van der Waals surface area (Å²) in [7, 11) is -7.49. The maximum atomic E-state index is 15.0. The minimum Gasteiger partial charge on any atom is -0.337 e. The zero-order chi connectivity index (χ0) is 34.1. The average Bonchev–Trinajstić information content (AvgIpc) is 3.37. The lowest BCUT2D eigenvalue weighted by molar-refractivity contribution is -0.348. The summed E-state index contributed by atoms with van der Waals surface area (Å²) in [5, 5.41) is 0. The van der Waals surface area contributed by atoms with Gasteiger partial charge in [-0.15, -0.1) is 0 Å². The van der Waals surface area contributed by atoms with Gasteiger partial charge in [0.1, 0.15) is 10.6 Å². The Hall–Kier alpha value is -3.08. The number of benzene rings is 2. The molecule has 2 aliphatic heterocycles. The van der Waals surface area contributed by atoms with E-state index in [-0.39, 0.29) is 67.3 Å². The van der Waals surface area contributed by atoms with Gasteiger partial charge in [-0.2, -0.15) is 30.7 Å². The Morgan fingerprint density at radius 2 is 1.52 bits per heavy atom. The van der Waals surface area contributed by atoms with Crippen LogP contribution in [0.25, 0.3) is 0 Å². The summed E-state index contributed by atoms with van der Waals surface area (Å²) in [6.45, 7) is 0.992. The Bertz CT molecular complexity index is 1770. The van der Waals surface area contributed by atoms with E-state index in [2.05, 4.69) is 4.36 Å². The van der Waals surface area contributed by atoms with Crippen molar-refractivity contribution in [2.45, 2.75) is 72.7 Å². The molecule has 5 rings (SSSR count). The van der Waals surface area contributed by atoms with E-state index in [0.717, 1.165) is 37.3 Å². The fourth-order valence-electron chi connectivity index (χ4n) is 7.02. The number of hydrogen-bond donors (Lipinski definition) is 0. The molecule has 2 heterocycles. The highest BCUT2D eigenvalue weighted by Crippen LogP contribution is 2.57. The minimum atomic E-state index is -6.38. The van der Waals surface area contributed by atoms with Crippen LogP contribution in [0.4, 0.5) is 35.1 Å². The van der Waals surface area contributed by atoms with Gasteiger partial charge < -0.3 is 4.90 Å². The number of sulfone groups is 1. The molecule has 7 nitrogen and oxygen atoms in total. The molecule has 0 spiro atoms. The van der Waals surface area contributed by atoms with E-state index >= 15 is 4.39 Å². The summed E-state index contributed by atoms with van der Waals surface area (Å²) in [4.78, 5) is 26.2. The first kappa shape index (κ1) is 34.3. The number of carbonyl (C=O) groups is 2. The first-order valence-corrected chi connectivity index (χ1v) is 17.5. The third kappa shape index (κ3) is 5.30. The van der Waals surface area contributed by atoms with Gasteiger partial charge in [-0.3, -0.25) is 9.59 Å². The number of aryl methyl sites for hydroxylation is 1. The monoisotopic (exact) mass is 700 g/mol. The molecule has 17 heteroatoms. The topological polar surface area (TPSA) is 101 Å². The van der Waals surface area contributed by atoms with Crippen molar-refractivity contribution in [3.05, 3.63) is 65.0 Å². The number of hydrogen-bond acceptors (Lipinski definition) is 5. The van der Waals surface area contributed by atoms with Crippen molar-refractivity contribution in [2.75, 3.05) is 18.1 Å². The van der Waals surface area contributed by atoms with Crippen LogP contribution in [0, 0.1) is 11.7 Å². The van der Waals surface area contributed by atoms with Crippen LogP contribution in [0.2, 0.25) is 0 Å². The highest BCUT2D eigenvalue weighted by molar-refractivity contribution is 7.94. The van der Waals surface area contributed by atoms with E-state index in [1.165, 1.54) is 4.90 Å². The molecule has 1 aliphatic carbocycles. The van der Waals surface area contributed by atoms with Crippen LogP contribution in [0.1, 0.15) is 49.3 Å². The van der Waals surface area contributed by atoms with Crippen molar-refractivity contribution in [1.29, 1.82) is 0 Å². The molecule has 2 aromatic rings. The van der Waals surface area contributed by atoms with E-state index in [0.29, 0.717) is 6.07 Å². The summed E-state index contributed by atoms with van der Waals surface area (Å²) in [5.74, 6) is -2.68. The second-order valence-corrected chi connectivity index (χ2v) is 16.5. The van der Waals surface area contributed by atoms with E-state index in [1.54, 1.807) is 0 Å². The molecule has 0 radical (unpaired) electrons. The number of likely N-dealkylation sites (tertiary alicyclic amines) is 1. The third-order valence-electron chi connectivity index (χ3n) is 9.17. The molecule has 2 aromatic carbocycles. The smallest absolute Gasteiger partial charge is 0.337 e. The molecule has 2 amide bonds. The summed E-state index contributed by atoms with van der Waals surface area (Å²) in [6.07, 6.45) is -13.4. The number of carbonyl (C=O) groups excluding carboxylic acids is 2. The Balaban J connectivity index is 1.61. The molecular weight excluding hydrogens is 672 g/mol. The van der Waals surface area contributed by atoms with Crippen molar-refractivity contribution in [3.63, 3.8) is 0 Å². The third-order valence-corrected chi connectivity index (χ3v) is 14.1. The molecule has 2 saturated heterocycles. The van der Waals surface area contributed by atoms with Crippen LogP contribution in [0.3, 0.4) is 0 Å². The summed E-state index contributed by atoms with van der Waals surface area (Å²) in [5.41, 5.74) is -7.92. The van der Waals surface area contributed by atoms with Crippen molar-refractivity contribution in [1.82, 2.24) is 4.90 Å². The van der Waals surface area contributed by atoms with Crippen LogP contribution in [0.15, 0.2) is 51.7 Å². The fourth-order valence-corrected chi connectivity index (χ4v) is 11.6. The van der Waals surface area contributed by atoms with Crippen molar-refractivity contribution < 1.29 is 57.3 Å². The van der Waals surface area contributed by atoms with Gasteiger partial charge in [0.15, 0.2) is 9.84 Å². The lowest BCUT2D eigenvalue weighted by atomic mass is 9.76. The van der Waals surface area contributed by atoms with E-state index in [4.69, 9.17) is 0 Å². The van der Waals surface area contributed by atoms with Gasteiger partial charge >= 0.3 is 18.0 Å². The van der Waals surface area contributed by atoms with Gasteiger partial charge in [-0.25, -0.2) is 21.4 Å². The molecule has 0 saturated carbocycles. The molecular formula is C29H28F8N2O5S2. The number of alkyl halides is 7. The highest BCUT2D eigenvalue weighted by Gasteiger charge is 2.74. The molecule has 0 bridgehead atoms. The first-order chi connectivity index (χ1) is 21.2. The van der Waals surface area contributed by atoms with Crippen molar-refractivity contribution in [2.24, 2.45) is 10.3 Å². The number of rotatable bonds is 4. The van der Waals surface area contributed by atoms with Gasteiger partial charge in [0.25, 0.3) is 5.91 Å². The summed E-state index contributed by atoms with van der Waals surface area (Å²) in [6, 6.07) is 3.95. The average molecular weight is 701 g/mol. The largest absolute Gasteiger partial charge is 0.435 e. The molecule has 2 fully saturated rings. The quantitative estimate of drug-likeness (QED) is 0.299. The maximum absolute atomic E-state index is 15.0. The van der Waals surface area contributed by atoms with Crippen LogP contribution in [0.5, 0.6) is 0 Å². The van der Waals surface area contributed by atoms with Gasteiger partial charge in [-0.05, 0) is 67.5 Å². The zero-order valence-electron chi connectivity index (χ0n) is 24.1. The molecule has 2 atom stereocenters. The fraction of sp³-hybridized carbons (Fsp3) is 0.517. The number of fused-ring (bicyclic) bond motifs is 3. The Labute approximate surface area is 259 Å². The standard InChI is InChI=1S/C29H28F8N2O5S2/c1-17(40)38-45(42)14-10-18(11-15-45)25(41)39-13-12-26(46(43,44)22-6-4-21(30)5-7-22)23-8-3-20(16-19(23)2-9-24(26)39)27(31,28(32,33)34)29(35,36)37/h3-8,16,18,24H,2,9-15H2,1H3/t18?,24-,26-,45?/m0/s1. The minimum absolute atomic E-state index is 0.0461. The molecule has 3 aliphatic rings. The SMILES string of the molecule is CC(=O)N=S1(=O)CCC(C(=O)N2CC[C@]3(S(=O)(=O)c4ccc(F)cc4)c4ccc(C(F)(C(F)(F)F)C(F)(F)F)cc4CC[C@H]23)CC1.